The lowest BCUT2D eigenvalue weighted by molar-refractivity contribution is -0.139. The van der Waals surface area contributed by atoms with E-state index >= 15 is 0 Å². The Hall–Kier alpha value is -2.54. The maximum Gasteiger partial charge on any atom is 0.341 e. The van der Waals surface area contributed by atoms with Gasteiger partial charge in [-0.3, -0.25) is 4.79 Å². The van der Waals surface area contributed by atoms with Crippen LogP contribution in [0, 0.1) is 6.92 Å². The molecule has 7 heteroatoms. The summed E-state index contributed by atoms with van der Waals surface area (Å²) in [5, 5.41) is 11.5. The van der Waals surface area contributed by atoms with Crippen LogP contribution < -0.4 is 14.8 Å². The number of aliphatic carboxylic acids is 1. The third-order valence-corrected chi connectivity index (χ3v) is 4.37. The molecule has 24 heavy (non-hydrogen) atoms. The van der Waals surface area contributed by atoms with Gasteiger partial charge in [0.25, 0.3) is 5.91 Å². The Morgan fingerprint density at radius 3 is 2.54 bits per heavy atom. The van der Waals surface area contributed by atoms with Crippen molar-refractivity contribution in [3.63, 3.8) is 0 Å². The number of ether oxygens (including phenoxy) is 2. The van der Waals surface area contributed by atoms with E-state index in [9.17, 15) is 9.59 Å². The maximum absolute atomic E-state index is 12.4. The van der Waals surface area contributed by atoms with E-state index in [-0.39, 0.29) is 18.6 Å². The topological polar surface area (TPSA) is 84.9 Å². The van der Waals surface area contributed by atoms with Crippen LogP contribution in [0.3, 0.4) is 0 Å². The number of carboxylic acid groups (broad SMARTS) is 1. The molecule has 1 unspecified atom stereocenters. The van der Waals surface area contributed by atoms with Gasteiger partial charge in [-0.05, 0) is 37.6 Å². The predicted molar refractivity (Wildman–Crippen MR) is 91.1 cm³/mol. The Morgan fingerprint density at radius 2 is 1.96 bits per heavy atom. The fourth-order valence-corrected chi connectivity index (χ4v) is 3.03. The summed E-state index contributed by atoms with van der Waals surface area (Å²) < 4.78 is 10.3. The third-order valence-electron chi connectivity index (χ3n) is 3.34. The highest BCUT2D eigenvalue weighted by Gasteiger charge is 2.18. The molecule has 1 atom stereocenters. The second-order valence-electron chi connectivity index (χ2n) is 5.20. The van der Waals surface area contributed by atoms with E-state index in [1.54, 1.807) is 24.3 Å². The number of nitrogens with one attached hydrogen (secondary N) is 1. The van der Waals surface area contributed by atoms with Gasteiger partial charge in [-0.1, -0.05) is 12.1 Å². The van der Waals surface area contributed by atoms with E-state index in [0.29, 0.717) is 16.4 Å². The largest absolute Gasteiger partial charge is 0.495 e. The van der Waals surface area contributed by atoms with Gasteiger partial charge in [0.1, 0.15) is 16.4 Å². The van der Waals surface area contributed by atoms with Crippen molar-refractivity contribution in [1.29, 1.82) is 0 Å². The summed E-state index contributed by atoms with van der Waals surface area (Å²) in [5.74, 6) is -0.182. The Balaban J connectivity index is 2.02. The number of thiophene rings is 1. The molecular formula is C17H19NO5S. The summed E-state index contributed by atoms with van der Waals surface area (Å²) in [6, 6.07) is 8.56. The molecule has 0 fully saturated rings. The smallest absolute Gasteiger partial charge is 0.341 e. The van der Waals surface area contributed by atoms with Crippen LogP contribution in [0.4, 0.5) is 0 Å². The number of rotatable bonds is 7. The van der Waals surface area contributed by atoms with Crippen molar-refractivity contribution in [2.45, 2.75) is 19.9 Å². The summed E-state index contributed by atoms with van der Waals surface area (Å²) in [7, 11) is 1.54. The molecule has 0 saturated carbocycles. The molecule has 1 heterocycles. The standard InChI is InChI=1S/C17H19NO5S/c1-10-8-14(22-3)16(24-10)17(21)18-11(2)12-4-6-13(7-5-12)23-9-15(19)20/h4-8,11H,9H2,1-3H3,(H,18,21)(H,19,20). The quantitative estimate of drug-likeness (QED) is 0.803. The van der Waals surface area contributed by atoms with Crippen LogP contribution in [0.5, 0.6) is 11.5 Å². The molecular weight excluding hydrogens is 330 g/mol. The molecule has 0 aliphatic rings. The Labute approximate surface area is 144 Å². The highest BCUT2D eigenvalue weighted by molar-refractivity contribution is 7.14. The van der Waals surface area contributed by atoms with Gasteiger partial charge < -0.3 is 19.9 Å². The van der Waals surface area contributed by atoms with Crippen molar-refractivity contribution in [3.8, 4) is 11.5 Å². The normalized spacial score (nSPS) is 11.6. The molecule has 1 amide bonds. The lowest BCUT2D eigenvalue weighted by Gasteiger charge is -2.15. The zero-order chi connectivity index (χ0) is 17.7. The molecule has 2 aromatic rings. The van der Waals surface area contributed by atoms with Crippen LogP contribution in [-0.4, -0.2) is 30.7 Å². The van der Waals surface area contributed by atoms with Crippen molar-refractivity contribution >= 4 is 23.2 Å². The van der Waals surface area contributed by atoms with E-state index in [2.05, 4.69) is 5.32 Å². The van der Waals surface area contributed by atoms with Gasteiger partial charge in [0.05, 0.1) is 13.2 Å². The van der Waals surface area contributed by atoms with Gasteiger partial charge >= 0.3 is 5.97 Å². The lowest BCUT2D eigenvalue weighted by Crippen LogP contribution is -2.26. The van der Waals surface area contributed by atoms with E-state index in [0.717, 1.165) is 10.4 Å². The minimum atomic E-state index is -1.03. The SMILES string of the molecule is COc1cc(C)sc1C(=O)NC(C)c1ccc(OCC(=O)O)cc1. The fourth-order valence-electron chi connectivity index (χ4n) is 2.14. The van der Waals surface area contributed by atoms with Crippen molar-refractivity contribution in [2.75, 3.05) is 13.7 Å². The number of aryl methyl sites for hydroxylation is 1. The summed E-state index contributed by atoms with van der Waals surface area (Å²) in [4.78, 5) is 24.4. The molecule has 0 bridgehead atoms. The van der Waals surface area contributed by atoms with E-state index in [1.807, 2.05) is 19.9 Å². The Bertz CT molecular complexity index is 723. The monoisotopic (exact) mass is 349 g/mol. The molecule has 1 aromatic heterocycles. The van der Waals surface area contributed by atoms with E-state index in [1.165, 1.54) is 18.4 Å². The van der Waals surface area contributed by atoms with Crippen LogP contribution >= 0.6 is 11.3 Å². The van der Waals surface area contributed by atoms with Gasteiger partial charge in [-0.15, -0.1) is 11.3 Å². The molecule has 1 aromatic carbocycles. The third kappa shape index (κ3) is 4.48. The van der Waals surface area contributed by atoms with Gasteiger partial charge in [0.15, 0.2) is 6.61 Å². The highest BCUT2D eigenvalue weighted by atomic mass is 32.1. The Kier molecular flexibility index (Phi) is 5.81. The Morgan fingerprint density at radius 1 is 1.29 bits per heavy atom. The number of benzene rings is 1. The molecule has 2 N–H and O–H groups in total. The minimum Gasteiger partial charge on any atom is -0.495 e. The number of carbonyl (C=O) groups is 2. The van der Waals surface area contributed by atoms with Gasteiger partial charge in [-0.25, -0.2) is 4.79 Å². The zero-order valence-electron chi connectivity index (χ0n) is 13.7. The number of methoxy groups -OCH3 is 1. The first-order valence-electron chi connectivity index (χ1n) is 7.30. The number of carbonyl (C=O) groups excluding carboxylic acids is 1. The molecule has 128 valence electrons. The number of amides is 1. The summed E-state index contributed by atoms with van der Waals surface area (Å²) in [6.07, 6.45) is 0. The molecule has 0 radical (unpaired) electrons. The lowest BCUT2D eigenvalue weighted by atomic mass is 10.1. The maximum atomic E-state index is 12.4. The number of hydrogen-bond acceptors (Lipinski definition) is 5. The first-order valence-corrected chi connectivity index (χ1v) is 8.12. The molecule has 0 spiro atoms. The average molecular weight is 349 g/mol. The van der Waals surface area contributed by atoms with Gasteiger partial charge in [0.2, 0.25) is 0 Å². The number of hydrogen-bond donors (Lipinski definition) is 2. The molecule has 0 aliphatic carbocycles. The van der Waals surface area contributed by atoms with Crippen molar-refractivity contribution in [3.05, 3.63) is 45.6 Å². The molecule has 6 nitrogen and oxygen atoms in total. The zero-order valence-corrected chi connectivity index (χ0v) is 14.5. The van der Waals surface area contributed by atoms with Crippen LogP contribution in [0.2, 0.25) is 0 Å². The van der Waals surface area contributed by atoms with Crippen LogP contribution in [0.25, 0.3) is 0 Å². The molecule has 2 rings (SSSR count). The van der Waals surface area contributed by atoms with Crippen molar-refractivity contribution in [1.82, 2.24) is 5.32 Å². The number of carboxylic acids is 1. The van der Waals surface area contributed by atoms with Crippen LogP contribution in [-0.2, 0) is 4.79 Å². The van der Waals surface area contributed by atoms with Gasteiger partial charge in [0, 0.05) is 4.88 Å². The van der Waals surface area contributed by atoms with Crippen molar-refractivity contribution < 1.29 is 24.2 Å². The van der Waals surface area contributed by atoms with Crippen LogP contribution in [0.15, 0.2) is 30.3 Å². The molecule has 0 aliphatic heterocycles. The van der Waals surface area contributed by atoms with Crippen LogP contribution in [0.1, 0.15) is 33.1 Å². The average Bonchev–Trinajstić information content (AvgIpc) is 2.94. The van der Waals surface area contributed by atoms with E-state index in [4.69, 9.17) is 14.6 Å². The first-order chi connectivity index (χ1) is 11.4. The second kappa shape index (κ2) is 7.83. The summed E-state index contributed by atoms with van der Waals surface area (Å²) in [6.45, 7) is 3.41. The fraction of sp³-hybridized carbons (Fsp3) is 0.294. The summed E-state index contributed by atoms with van der Waals surface area (Å²) >= 11 is 1.38. The minimum absolute atomic E-state index is 0.191. The van der Waals surface area contributed by atoms with Gasteiger partial charge in [-0.2, -0.15) is 0 Å². The first kappa shape index (κ1) is 17.8. The predicted octanol–water partition coefficient (Wildman–Crippen LogP) is 3.02. The summed E-state index contributed by atoms with van der Waals surface area (Å²) in [5.41, 5.74) is 0.887. The highest BCUT2D eigenvalue weighted by Crippen LogP contribution is 2.29. The second-order valence-corrected chi connectivity index (χ2v) is 6.46. The van der Waals surface area contributed by atoms with Crippen molar-refractivity contribution in [2.24, 2.45) is 0 Å². The molecule has 0 saturated heterocycles. The van der Waals surface area contributed by atoms with E-state index < -0.39 is 5.97 Å².